The molecule has 1 aromatic carbocycles. The number of benzene rings is 1. The van der Waals surface area contributed by atoms with Crippen molar-refractivity contribution in [3.63, 3.8) is 0 Å². The zero-order valence-corrected chi connectivity index (χ0v) is 13.5. The van der Waals surface area contributed by atoms with Gasteiger partial charge >= 0.3 is 0 Å². The lowest BCUT2D eigenvalue weighted by molar-refractivity contribution is -0.143. The van der Waals surface area contributed by atoms with Crippen LogP contribution in [0, 0.1) is 11.8 Å². The molecule has 22 heavy (non-hydrogen) atoms. The van der Waals surface area contributed by atoms with E-state index in [2.05, 4.69) is 28.9 Å². The van der Waals surface area contributed by atoms with E-state index in [9.17, 15) is 0 Å². The number of nitrogens with zero attached hydrogens (tertiary/aromatic N) is 1. The normalized spacial score (nSPS) is 26.2. The van der Waals surface area contributed by atoms with Gasteiger partial charge in [-0.2, -0.15) is 0 Å². The van der Waals surface area contributed by atoms with Crippen molar-refractivity contribution in [2.24, 2.45) is 0 Å². The molecular weight excluding hydrogens is 274 g/mol. The SMILES string of the molecule is CC1(C)OC[C@H](C(C#Cc2ccccc2)N2CCCCC2)O1. The fourth-order valence-electron chi connectivity index (χ4n) is 3.17. The molecule has 0 amide bonds. The molecule has 0 aromatic heterocycles. The molecule has 2 fully saturated rings. The van der Waals surface area contributed by atoms with Crippen molar-refractivity contribution in [3.8, 4) is 11.8 Å². The number of piperidine rings is 1. The molecule has 1 aromatic rings. The molecule has 3 nitrogen and oxygen atoms in total. The molecule has 1 unspecified atom stereocenters. The summed E-state index contributed by atoms with van der Waals surface area (Å²) in [7, 11) is 0. The first-order chi connectivity index (χ1) is 10.6. The van der Waals surface area contributed by atoms with E-state index >= 15 is 0 Å². The number of hydrogen-bond donors (Lipinski definition) is 0. The van der Waals surface area contributed by atoms with Crippen LogP contribution in [0.4, 0.5) is 0 Å². The topological polar surface area (TPSA) is 21.7 Å². The van der Waals surface area contributed by atoms with Crippen LogP contribution in [-0.4, -0.2) is 42.5 Å². The van der Waals surface area contributed by atoms with E-state index in [0.717, 1.165) is 18.7 Å². The average Bonchev–Trinajstić information content (AvgIpc) is 2.89. The van der Waals surface area contributed by atoms with Crippen LogP contribution in [0.5, 0.6) is 0 Å². The quantitative estimate of drug-likeness (QED) is 0.784. The minimum atomic E-state index is -0.493. The van der Waals surface area contributed by atoms with Gasteiger partial charge in [0.2, 0.25) is 0 Å². The fraction of sp³-hybridized carbons (Fsp3) is 0.579. The molecule has 0 N–H and O–H groups in total. The Bertz CT molecular complexity index is 538. The molecule has 0 radical (unpaired) electrons. The second-order valence-corrected chi connectivity index (χ2v) is 6.54. The van der Waals surface area contributed by atoms with Crippen molar-refractivity contribution in [2.75, 3.05) is 19.7 Å². The minimum Gasteiger partial charge on any atom is -0.348 e. The van der Waals surface area contributed by atoms with Gasteiger partial charge in [-0.05, 0) is 51.9 Å². The van der Waals surface area contributed by atoms with E-state index in [1.54, 1.807) is 0 Å². The van der Waals surface area contributed by atoms with E-state index in [0.29, 0.717) is 6.61 Å². The third-order valence-corrected chi connectivity index (χ3v) is 4.30. The van der Waals surface area contributed by atoms with Gasteiger partial charge < -0.3 is 9.47 Å². The summed E-state index contributed by atoms with van der Waals surface area (Å²) in [5.74, 6) is 6.28. The lowest BCUT2D eigenvalue weighted by Gasteiger charge is -2.34. The van der Waals surface area contributed by atoms with Gasteiger partial charge in [0.1, 0.15) is 12.1 Å². The molecule has 2 atom stereocenters. The van der Waals surface area contributed by atoms with E-state index in [4.69, 9.17) is 9.47 Å². The zero-order valence-electron chi connectivity index (χ0n) is 13.5. The van der Waals surface area contributed by atoms with Crippen LogP contribution < -0.4 is 0 Å². The summed E-state index contributed by atoms with van der Waals surface area (Å²) in [6.07, 6.45) is 3.86. The second-order valence-electron chi connectivity index (χ2n) is 6.54. The highest BCUT2D eigenvalue weighted by Crippen LogP contribution is 2.27. The summed E-state index contributed by atoms with van der Waals surface area (Å²) in [6, 6.07) is 10.3. The summed E-state index contributed by atoms with van der Waals surface area (Å²) in [4.78, 5) is 2.47. The molecule has 2 aliphatic rings. The Balaban J connectivity index is 1.79. The lowest BCUT2D eigenvalue weighted by atomic mass is 10.0. The van der Waals surface area contributed by atoms with Crippen molar-refractivity contribution >= 4 is 0 Å². The Hall–Kier alpha value is -1.34. The zero-order chi connectivity index (χ0) is 15.4. The Morgan fingerprint density at radius 1 is 1.14 bits per heavy atom. The molecule has 0 bridgehead atoms. The molecule has 0 spiro atoms. The Morgan fingerprint density at radius 2 is 1.86 bits per heavy atom. The standard InChI is InChI=1S/C19H25NO2/c1-19(2)21-15-18(22-19)17(20-13-7-4-8-14-20)12-11-16-9-5-3-6-10-16/h3,5-6,9-10,17-18H,4,7-8,13-15H2,1-2H3/t17?,18-/m1/s1. The summed E-state index contributed by atoms with van der Waals surface area (Å²) >= 11 is 0. The van der Waals surface area contributed by atoms with Gasteiger partial charge in [-0.1, -0.05) is 36.5 Å². The highest BCUT2D eigenvalue weighted by atomic mass is 16.7. The first-order valence-corrected chi connectivity index (χ1v) is 8.26. The van der Waals surface area contributed by atoms with E-state index in [-0.39, 0.29) is 12.1 Å². The number of ether oxygens (including phenoxy) is 2. The van der Waals surface area contributed by atoms with E-state index in [1.165, 1.54) is 19.3 Å². The van der Waals surface area contributed by atoms with Crippen molar-refractivity contribution in [3.05, 3.63) is 35.9 Å². The molecule has 0 saturated carbocycles. The van der Waals surface area contributed by atoms with Gasteiger partial charge in [0.15, 0.2) is 5.79 Å². The van der Waals surface area contributed by atoms with Crippen LogP contribution in [0.15, 0.2) is 30.3 Å². The van der Waals surface area contributed by atoms with Crippen molar-refractivity contribution in [1.82, 2.24) is 4.90 Å². The first-order valence-electron chi connectivity index (χ1n) is 8.26. The molecule has 2 aliphatic heterocycles. The Labute approximate surface area is 133 Å². The molecule has 3 heteroatoms. The van der Waals surface area contributed by atoms with Crippen LogP contribution in [0.25, 0.3) is 0 Å². The maximum Gasteiger partial charge on any atom is 0.163 e. The molecule has 118 valence electrons. The van der Waals surface area contributed by atoms with Crippen molar-refractivity contribution in [2.45, 2.75) is 51.0 Å². The van der Waals surface area contributed by atoms with E-state index in [1.807, 2.05) is 32.0 Å². The van der Waals surface area contributed by atoms with Crippen LogP contribution in [0.2, 0.25) is 0 Å². The highest BCUT2D eigenvalue weighted by molar-refractivity contribution is 5.35. The van der Waals surface area contributed by atoms with Gasteiger partial charge in [0, 0.05) is 5.56 Å². The molecule has 3 rings (SSSR count). The van der Waals surface area contributed by atoms with Crippen molar-refractivity contribution < 1.29 is 9.47 Å². The number of rotatable bonds is 2. The smallest absolute Gasteiger partial charge is 0.163 e. The third-order valence-electron chi connectivity index (χ3n) is 4.30. The van der Waals surface area contributed by atoms with E-state index < -0.39 is 5.79 Å². The van der Waals surface area contributed by atoms with Gasteiger partial charge in [0.25, 0.3) is 0 Å². The van der Waals surface area contributed by atoms with Crippen LogP contribution >= 0.6 is 0 Å². The van der Waals surface area contributed by atoms with Crippen LogP contribution in [0.1, 0.15) is 38.7 Å². The second kappa shape index (κ2) is 6.83. The minimum absolute atomic E-state index is 0.0318. The highest BCUT2D eigenvalue weighted by Gasteiger charge is 2.39. The summed E-state index contributed by atoms with van der Waals surface area (Å²) in [5, 5.41) is 0. The van der Waals surface area contributed by atoms with Crippen LogP contribution in [-0.2, 0) is 9.47 Å². The summed E-state index contributed by atoms with van der Waals surface area (Å²) in [6.45, 7) is 6.79. The van der Waals surface area contributed by atoms with Gasteiger partial charge in [0.05, 0.1) is 6.61 Å². The Morgan fingerprint density at radius 3 is 2.50 bits per heavy atom. The van der Waals surface area contributed by atoms with Gasteiger partial charge in [-0.25, -0.2) is 0 Å². The molecule has 0 aliphatic carbocycles. The van der Waals surface area contributed by atoms with Crippen molar-refractivity contribution in [1.29, 1.82) is 0 Å². The summed E-state index contributed by atoms with van der Waals surface area (Å²) < 4.78 is 11.8. The number of hydrogen-bond acceptors (Lipinski definition) is 3. The van der Waals surface area contributed by atoms with Crippen LogP contribution in [0.3, 0.4) is 0 Å². The van der Waals surface area contributed by atoms with Gasteiger partial charge in [-0.15, -0.1) is 0 Å². The molecular formula is C19H25NO2. The molecule has 2 saturated heterocycles. The largest absolute Gasteiger partial charge is 0.348 e. The predicted molar refractivity (Wildman–Crippen MR) is 87.4 cm³/mol. The summed E-state index contributed by atoms with van der Waals surface area (Å²) in [5.41, 5.74) is 1.06. The first kappa shape index (κ1) is 15.6. The third kappa shape index (κ3) is 3.89. The number of likely N-dealkylation sites (tertiary alicyclic amines) is 1. The Kier molecular flexibility index (Phi) is 4.83. The average molecular weight is 299 g/mol. The lowest BCUT2D eigenvalue weighted by Crippen LogP contribution is -2.46. The van der Waals surface area contributed by atoms with Gasteiger partial charge in [-0.3, -0.25) is 4.90 Å². The monoisotopic (exact) mass is 299 g/mol. The molecule has 2 heterocycles. The predicted octanol–water partition coefficient (Wildman–Crippen LogP) is 3.04. The maximum atomic E-state index is 6.09. The fourth-order valence-corrected chi connectivity index (χ4v) is 3.17. The maximum absolute atomic E-state index is 6.09.